The zero-order valence-corrected chi connectivity index (χ0v) is 18.7. The molecule has 0 atom stereocenters. The number of nitrogens with one attached hydrogen (secondary N) is 1. The van der Waals surface area contributed by atoms with E-state index in [2.05, 4.69) is 25.2 Å². The van der Waals surface area contributed by atoms with Gasteiger partial charge in [-0.25, -0.2) is 9.48 Å². The molecule has 2 aromatic heterocycles. The van der Waals surface area contributed by atoms with Crippen molar-refractivity contribution < 1.29 is 14.3 Å². The number of pyridine rings is 1. The highest BCUT2D eigenvalue weighted by atomic mass is 16.5. The highest BCUT2D eigenvalue weighted by molar-refractivity contribution is 6.01. The number of aromatic nitrogens is 3. The van der Waals surface area contributed by atoms with Gasteiger partial charge in [0.1, 0.15) is 5.56 Å². The molecule has 33 heavy (non-hydrogen) atoms. The summed E-state index contributed by atoms with van der Waals surface area (Å²) in [6.07, 6.45) is 3.23. The van der Waals surface area contributed by atoms with Gasteiger partial charge in [-0.1, -0.05) is 24.3 Å². The van der Waals surface area contributed by atoms with Crippen molar-refractivity contribution in [2.45, 2.75) is 13.5 Å². The molecule has 172 valence electrons. The Morgan fingerprint density at radius 3 is 2.42 bits per heavy atom. The number of rotatable bonds is 8. The van der Waals surface area contributed by atoms with E-state index >= 15 is 0 Å². The fraction of sp³-hybridized carbons (Fsp3) is 0.333. The number of para-hydroxylation sites is 1. The lowest BCUT2D eigenvalue weighted by atomic mass is 10.2. The number of hydrogen-bond acceptors (Lipinski definition) is 7. The zero-order chi connectivity index (χ0) is 23.0. The fourth-order valence-electron chi connectivity index (χ4n) is 3.79. The maximum absolute atomic E-state index is 12.9. The lowest BCUT2D eigenvalue weighted by Gasteiger charge is -2.34. The summed E-state index contributed by atoms with van der Waals surface area (Å²) in [4.78, 5) is 34.1. The summed E-state index contributed by atoms with van der Waals surface area (Å²) in [6.45, 7) is 6.31. The largest absolute Gasteiger partial charge is 0.462 e. The van der Waals surface area contributed by atoms with Crippen LogP contribution >= 0.6 is 0 Å². The first kappa shape index (κ1) is 22.6. The molecule has 0 saturated carbocycles. The van der Waals surface area contributed by atoms with Crippen LogP contribution in [0, 0.1) is 0 Å². The van der Waals surface area contributed by atoms with Crippen LogP contribution in [0.3, 0.4) is 0 Å². The molecule has 0 radical (unpaired) electrons. The predicted octanol–water partition coefficient (Wildman–Crippen LogP) is 2.20. The minimum absolute atomic E-state index is 0.198. The molecule has 3 aromatic rings. The molecule has 0 bridgehead atoms. The number of hydrogen-bond donors (Lipinski definition) is 1. The van der Waals surface area contributed by atoms with Crippen LogP contribution in [0.5, 0.6) is 0 Å². The molecular formula is C24H28N6O3. The van der Waals surface area contributed by atoms with Crippen LogP contribution in [0.1, 0.15) is 23.0 Å². The lowest BCUT2D eigenvalue weighted by molar-refractivity contribution is -0.117. The molecule has 3 heterocycles. The van der Waals surface area contributed by atoms with Gasteiger partial charge in [-0.2, -0.15) is 5.10 Å². The first-order valence-corrected chi connectivity index (χ1v) is 11.1. The van der Waals surface area contributed by atoms with Crippen LogP contribution in [0.4, 0.5) is 5.82 Å². The highest BCUT2D eigenvalue weighted by Crippen LogP contribution is 2.21. The van der Waals surface area contributed by atoms with Crippen molar-refractivity contribution in [1.29, 1.82) is 0 Å². The molecule has 1 aliphatic rings. The summed E-state index contributed by atoms with van der Waals surface area (Å²) in [6, 6.07) is 15.3. The van der Waals surface area contributed by atoms with E-state index in [9.17, 15) is 9.59 Å². The van der Waals surface area contributed by atoms with Crippen molar-refractivity contribution >= 4 is 17.7 Å². The van der Waals surface area contributed by atoms with Crippen molar-refractivity contribution in [3.05, 3.63) is 72.2 Å². The molecule has 1 aromatic carbocycles. The number of amides is 1. The summed E-state index contributed by atoms with van der Waals surface area (Å²) in [7, 11) is 0. The maximum Gasteiger partial charge on any atom is 0.343 e. The SMILES string of the molecule is CCOC(=O)c1cnn(-c2ccccc2)c1NC(=O)CN1CCN(Cc2ccccn2)CC1. The second-order valence-corrected chi connectivity index (χ2v) is 7.80. The Balaban J connectivity index is 1.39. The number of piperazine rings is 1. The molecule has 9 heteroatoms. The Hall–Kier alpha value is -3.56. The first-order valence-electron chi connectivity index (χ1n) is 11.1. The van der Waals surface area contributed by atoms with Gasteiger partial charge in [0.2, 0.25) is 5.91 Å². The summed E-state index contributed by atoms with van der Waals surface area (Å²) in [5.41, 5.74) is 2.02. The number of ether oxygens (including phenoxy) is 1. The quantitative estimate of drug-likeness (QED) is 0.528. The van der Waals surface area contributed by atoms with E-state index in [1.807, 2.05) is 48.5 Å². The second-order valence-electron chi connectivity index (χ2n) is 7.80. The molecule has 0 aliphatic carbocycles. The third-order valence-electron chi connectivity index (χ3n) is 5.47. The van der Waals surface area contributed by atoms with Crippen LogP contribution in [0.2, 0.25) is 0 Å². The number of benzene rings is 1. The average Bonchev–Trinajstić information content (AvgIpc) is 3.25. The van der Waals surface area contributed by atoms with Crippen molar-refractivity contribution in [2.75, 3.05) is 44.6 Å². The smallest absolute Gasteiger partial charge is 0.343 e. The predicted molar refractivity (Wildman–Crippen MR) is 124 cm³/mol. The highest BCUT2D eigenvalue weighted by Gasteiger charge is 2.24. The van der Waals surface area contributed by atoms with Gasteiger partial charge >= 0.3 is 5.97 Å². The van der Waals surface area contributed by atoms with E-state index < -0.39 is 5.97 Å². The Bertz CT molecular complexity index is 1060. The zero-order valence-electron chi connectivity index (χ0n) is 18.7. The monoisotopic (exact) mass is 448 g/mol. The minimum atomic E-state index is -0.516. The topological polar surface area (TPSA) is 92.6 Å². The van der Waals surface area contributed by atoms with E-state index in [1.165, 1.54) is 6.20 Å². The van der Waals surface area contributed by atoms with Gasteiger partial charge in [0.15, 0.2) is 5.82 Å². The minimum Gasteiger partial charge on any atom is -0.462 e. The van der Waals surface area contributed by atoms with E-state index in [0.717, 1.165) is 44.1 Å². The van der Waals surface area contributed by atoms with Crippen LogP contribution in [0.25, 0.3) is 5.69 Å². The number of carbonyl (C=O) groups is 2. The molecule has 1 amide bonds. The normalized spacial score (nSPS) is 14.7. The third kappa shape index (κ3) is 5.82. The Labute approximate surface area is 193 Å². The van der Waals surface area contributed by atoms with Gasteiger partial charge in [-0.3, -0.25) is 19.6 Å². The summed E-state index contributed by atoms with van der Waals surface area (Å²) in [5, 5.41) is 7.21. The molecule has 1 saturated heterocycles. The van der Waals surface area contributed by atoms with E-state index in [4.69, 9.17) is 4.74 Å². The van der Waals surface area contributed by atoms with Crippen molar-refractivity contribution in [2.24, 2.45) is 0 Å². The second kappa shape index (κ2) is 10.8. The molecule has 1 aliphatic heterocycles. The van der Waals surface area contributed by atoms with Gasteiger partial charge in [0.25, 0.3) is 0 Å². The third-order valence-corrected chi connectivity index (χ3v) is 5.47. The van der Waals surface area contributed by atoms with Gasteiger partial charge in [0.05, 0.1) is 30.7 Å². The van der Waals surface area contributed by atoms with Crippen molar-refractivity contribution in [3.63, 3.8) is 0 Å². The molecule has 9 nitrogen and oxygen atoms in total. The Morgan fingerprint density at radius 2 is 1.73 bits per heavy atom. The Kier molecular flexibility index (Phi) is 7.43. The van der Waals surface area contributed by atoms with E-state index in [0.29, 0.717) is 5.82 Å². The van der Waals surface area contributed by atoms with Gasteiger partial charge < -0.3 is 10.1 Å². The molecule has 0 unspecified atom stereocenters. The van der Waals surface area contributed by atoms with Gasteiger partial charge in [0, 0.05) is 38.9 Å². The van der Waals surface area contributed by atoms with Crippen LogP contribution in [-0.2, 0) is 16.1 Å². The lowest BCUT2D eigenvalue weighted by Crippen LogP contribution is -2.48. The van der Waals surface area contributed by atoms with Gasteiger partial charge in [-0.15, -0.1) is 0 Å². The molecule has 1 fully saturated rings. The number of anilines is 1. The van der Waals surface area contributed by atoms with Crippen LogP contribution in [0.15, 0.2) is 60.9 Å². The summed E-state index contributed by atoms with van der Waals surface area (Å²) >= 11 is 0. The number of nitrogens with zero attached hydrogens (tertiary/aromatic N) is 5. The van der Waals surface area contributed by atoms with E-state index in [1.54, 1.807) is 17.8 Å². The summed E-state index contributed by atoms with van der Waals surface area (Å²) in [5.74, 6) is -0.395. The standard InChI is InChI=1S/C24H28N6O3/c1-2-33-24(32)21-16-26-30(20-9-4-3-5-10-20)23(21)27-22(31)18-29-14-12-28(13-15-29)17-19-8-6-7-11-25-19/h3-11,16H,2,12-15,17-18H2,1H3,(H,27,31). The summed E-state index contributed by atoms with van der Waals surface area (Å²) < 4.78 is 6.70. The molecular weight excluding hydrogens is 420 g/mol. The number of carbonyl (C=O) groups excluding carboxylic acids is 2. The van der Waals surface area contributed by atoms with Crippen LogP contribution < -0.4 is 5.32 Å². The maximum atomic E-state index is 12.9. The van der Waals surface area contributed by atoms with Crippen molar-refractivity contribution in [1.82, 2.24) is 24.6 Å². The fourth-order valence-corrected chi connectivity index (χ4v) is 3.79. The van der Waals surface area contributed by atoms with Crippen molar-refractivity contribution in [3.8, 4) is 5.69 Å². The average molecular weight is 449 g/mol. The number of esters is 1. The molecule has 0 spiro atoms. The molecule has 1 N–H and O–H groups in total. The van der Waals surface area contributed by atoms with E-state index in [-0.39, 0.29) is 24.6 Å². The first-order chi connectivity index (χ1) is 16.1. The molecule has 4 rings (SSSR count). The van der Waals surface area contributed by atoms with Gasteiger partial charge in [-0.05, 0) is 31.2 Å². The van der Waals surface area contributed by atoms with Crippen LogP contribution in [-0.4, -0.2) is 75.8 Å². The Morgan fingerprint density at radius 1 is 1.00 bits per heavy atom.